The van der Waals surface area contributed by atoms with Gasteiger partial charge < -0.3 is 10.5 Å². The summed E-state index contributed by atoms with van der Waals surface area (Å²) in [4.78, 5) is 0.278. The van der Waals surface area contributed by atoms with E-state index in [2.05, 4.69) is 0 Å². The normalized spacial score (nSPS) is 26.5. The molecule has 6 heteroatoms. The van der Waals surface area contributed by atoms with Gasteiger partial charge in [-0.1, -0.05) is 12.8 Å². The van der Waals surface area contributed by atoms with E-state index in [-0.39, 0.29) is 10.9 Å². The summed E-state index contributed by atoms with van der Waals surface area (Å²) < 4.78 is 32.6. The molecule has 0 bridgehead atoms. The molecule has 0 radical (unpaired) electrons. The van der Waals surface area contributed by atoms with Gasteiger partial charge in [0.2, 0.25) is 10.0 Å². The van der Waals surface area contributed by atoms with Crippen LogP contribution in [-0.2, 0) is 10.0 Å². The number of rotatable bonds is 3. The van der Waals surface area contributed by atoms with Crippen LogP contribution in [0.15, 0.2) is 23.1 Å². The fourth-order valence-corrected chi connectivity index (χ4v) is 5.40. The summed E-state index contributed by atoms with van der Waals surface area (Å²) in [6.45, 7) is 0.629. The van der Waals surface area contributed by atoms with Crippen molar-refractivity contribution < 1.29 is 13.2 Å². The van der Waals surface area contributed by atoms with Crippen LogP contribution in [0.3, 0.4) is 0 Å². The summed E-state index contributed by atoms with van der Waals surface area (Å²) in [5.41, 5.74) is 6.22. The van der Waals surface area contributed by atoms with Crippen LogP contribution in [0.5, 0.6) is 5.75 Å². The highest BCUT2D eigenvalue weighted by Gasteiger charge is 2.42. The van der Waals surface area contributed by atoms with Crippen LogP contribution in [0.4, 0.5) is 5.69 Å². The fourth-order valence-electron chi connectivity index (χ4n) is 3.65. The van der Waals surface area contributed by atoms with Gasteiger partial charge in [-0.05, 0) is 37.3 Å². The quantitative estimate of drug-likeness (QED) is 0.869. The molecule has 1 saturated carbocycles. The molecular formula is C15H22N2O3S. The highest BCUT2D eigenvalue weighted by atomic mass is 32.2. The van der Waals surface area contributed by atoms with Crippen molar-refractivity contribution >= 4 is 15.7 Å². The van der Waals surface area contributed by atoms with Crippen LogP contribution in [-0.4, -0.2) is 32.4 Å². The maximum atomic E-state index is 12.9. The zero-order chi connectivity index (χ0) is 15.0. The highest BCUT2D eigenvalue weighted by molar-refractivity contribution is 7.89. The standard InChI is InChI=1S/C15H22N2O3S/c1-20-15-10-12(6-7-13(15)16)21(18,19)17-9-8-11-4-2-3-5-14(11)17/h6-7,10-11,14H,2-5,8-9,16H2,1H3. The van der Waals surface area contributed by atoms with E-state index in [1.165, 1.54) is 19.6 Å². The smallest absolute Gasteiger partial charge is 0.243 e. The third-order valence-corrected chi connectivity index (χ3v) is 6.69. The summed E-state index contributed by atoms with van der Waals surface area (Å²) in [6, 6.07) is 4.87. The summed E-state index contributed by atoms with van der Waals surface area (Å²) in [5, 5.41) is 0. The Balaban J connectivity index is 1.93. The van der Waals surface area contributed by atoms with Gasteiger partial charge in [0.15, 0.2) is 0 Å². The predicted molar refractivity (Wildman–Crippen MR) is 81.7 cm³/mol. The van der Waals surface area contributed by atoms with E-state index in [0.29, 0.717) is 23.9 Å². The molecule has 2 unspecified atom stereocenters. The van der Waals surface area contributed by atoms with Gasteiger partial charge in [0.25, 0.3) is 0 Å². The first-order chi connectivity index (χ1) is 10.0. The minimum absolute atomic E-state index is 0.173. The van der Waals surface area contributed by atoms with Gasteiger partial charge in [0.1, 0.15) is 5.75 Å². The average molecular weight is 310 g/mol. The Hall–Kier alpha value is -1.27. The Bertz CT molecular complexity index is 630. The van der Waals surface area contributed by atoms with Crippen molar-refractivity contribution in [1.29, 1.82) is 0 Å². The third-order valence-electron chi connectivity index (χ3n) is 4.77. The van der Waals surface area contributed by atoms with E-state index >= 15 is 0 Å². The second kappa shape index (κ2) is 5.50. The minimum Gasteiger partial charge on any atom is -0.495 e. The van der Waals surface area contributed by atoms with Gasteiger partial charge >= 0.3 is 0 Å². The van der Waals surface area contributed by atoms with E-state index < -0.39 is 10.0 Å². The Kier molecular flexibility index (Phi) is 3.84. The number of ether oxygens (including phenoxy) is 1. The Morgan fingerprint density at radius 2 is 2.00 bits per heavy atom. The molecule has 2 aliphatic rings. The molecular weight excluding hydrogens is 288 g/mol. The van der Waals surface area contributed by atoms with Crippen LogP contribution < -0.4 is 10.5 Å². The monoisotopic (exact) mass is 310 g/mol. The second-order valence-corrected chi connectivity index (χ2v) is 7.81. The number of hydrogen-bond donors (Lipinski definition) is 1. The molecule has 2 atom stereocenters. The summed E-state index contributed by atoms with van der Waals surface area (Å²) >= 11 is 0. The van der Waals surface area contributed by atoms with Crippen LogP contribution >= 0.6 is 0 Å². The fraction of sp³-hybridized carbons (Fsp3) is 0.600. The number of sulfonamides is 1. The Morgan fingerprint density at radius 1 is 1.24 bits per heavy atom. The van der Waals surface area contributed by atoms with Crippen LogP contribution in [0.2, 0.25) is 0 Å². The molecule has 1 aliphatic carbocycles. The van der Waals surface area contributed by atoms with Gasteiger partial charge in [-0.15, -0.1) is 0 Å². The van der Waals surface area contributed by atoms with E-state index in [4.69, 9.17) is 10.5 Å². The van der Waals surface area contributed by atoms with Crippen molar-refractivity contribution in [2.24, 2.45) is 5.92 Å². The van der Waals surface area contributed by atoms with Crippen molar-refractivity contribution in [3.8, 4) is 5.75 Å². The van der Waals surface area contributed by atoms with Crippen molar-refractivity contribution in [2.75, 3.05) is 19.4 Å². The van der Waals surface area contributed by atoms with Gasteiger partial charge in [0, 0.05) is 18.7 Å². The molecule has 1 aromatic carbocycles. The first-order valence-electron chi connectivity index (χ1n) is 7.49. The third kappa shape index (κ3) is 2.51. The maximum absolute atomic E-state index is 12.9. The Morgan fingerprint density at radius 3 is 2.76 bits per heavy atom. The number of fused-ring (bicyclic) bond motifs is 1. The lowest BCUT2D eigenvalue weighted by molar-refractivity contribution is 0.260. The molecule has 5 nitrogen and oxygen atoms in total. The number of hydrogen-bond acceptors (Lipinski definition) is 4. The lowest BCUT2D eigenvalue weighted by Crippen LogP contribution is -2.39. The largest absolute Gasteiger partial charge is 0.495 e. The van der Waals surface area contributed by atoms with Crippen molar-refractivity contribution in [2.45, 2.75) is 43.0 Å². The molecule has 1 aliphatic heterocycles. The first-order valence-corrected chi connectivity index (χ1v) is 8.93. The molecule has 21 heavy (non-hydrogen) atoms. The lowest BCUT2D eigenvalue weighted by Gasteiger charge is -2.31. The van der Waals surface area contributed by atoms with E-state index in [9.17, 15) is 8.42 Å². The number of benzene rings is 1. The van der Waals surface area contributed by atoms with Crippen LogP contribution in [0, 0.1) is 5.92 Å². The van der Waals surface area contributed by atoms with Gasteiger partial charge in [0.05, 0.1) is 17.7 Å². The number of anilines is 1. The highest BCUT2D eigenvalue weighted by Crippen LogP contribution is 2.39. The number of nitrogens with two attached hydrogens (primary N) is 1. The van der Waals surface area contributed by atoms with E-state index in [1.807, 2.05) is 0 Å². The van der Waals surface area contributed by atoms with E-state index in [1.54, 1.807) is 16.4 Å². The molecule has 0 amide bonds. The summed E-state index contributed by atoms with van der Waals surface area (Å²) in [7, 11) is -1.97. The number of methoxy groups -OCH3 is 1. The van der Waals surface area contributed by atoms with Crippen molar-refractivity contribution in [1.82, 2.24) is 4.31 Å². The number of nitrogen functional groups attached to an aromatic ring is 1. The van der Waals surface area contributed by atoms with Crippen molar-refractivity contribution in [3.63, 3.8) is 0 Å². The zero-order valence-corrected chi connectivity index (χ0v) is 13.1. The average Bonchev–Trinajstić information content (AvgIpc) is 2.92. The molecule has 0 aromatic heterocycles. The van der Waals surface area contributed by atoms with Crippen molar-refractivity contribution in [3.05, 3.63) is 18.2 Å². The Labute approximate surface area is 126 Å². The first kappa shape index (κ1) is 14.7. The SMILES string of the molecule is COc1cc(S(=O)(=O)N2CCC3CCCCC32)ccc1N. The molecule has 1 aromatic rings. The van der Waals surface area contributed by atoms with Gasteiger partial charge in [-0.25, -0.2) is 8.42 Å². The molecule has 2 fully saturated rings. The molecule has 3 rings (SSSR count). The van der Waals surface area contributed by atoms with Crippen LogP contribution in [0.25, 0.3) is 0 Å². The lowest BCUT2D eigenvalue weighted by atomic mass is 9.86. The molecule has 1 heterocycles. The number of nitrogens with zero attached hydrogens (tertiary/aromatic N) is 1. The second-order valence-electron chi connectivity index (χ2n) is 5.92. The molecule has 116 valence electrons. The summed E-state index contributed by atoms with van der Waals surface area (Å²) in [6.07, 6.45) is 5.47. The molecule has 2 N–H and O–H groups in total. The minimum atomic E-state index is -3.46. The molecule has 0 spiro atoms. The maximum Gasteiger partial charge on any atom is 0.243 e. The topological polar surface area (TPSA) is 72.6 Å². The zero-order valence-electron chi connectivity index (χ0n) is 12.3. The van der Waals surface area contributed by atoms with E-state index in [0.717, 1.165) is 25.7 Å². The predicted octanol–water partition coefficient (Wildman–Crippen LogP) is 2.23. The van der Waals surface area contributed by atoms with Crippen LogP contribution in [0.1, 0.15) is 32.1 Å². The summed E-state index contributed by atoms with van der Waals surface area (Å²) in [5.74, 6) is 0.944. The van der Waals surface area contributed by atoms with Gasteiger partial charge in [-0.2, -0.15) is 4.31 Å². The van der Waals surface area contributed by atoms with Gasteiger partial charge in [-0.3, -0.25) is 0 Å². The molecule has 1 saturated heterocycles.